The third kappa shape index (κ3) is 3.88. The molecule has 0 aliphatic heterocycles. The van der Waals surface area contributed by atoms with Crippen molar-refractivity contribution in [3.8, 4) is 5.75 Å². The maximum Gasteiger partial charge on any atom is 0.122 e. The molecule has 0 saturated heterocycles. The molecule has 0 atom stereocenters. The van der Waals surface area contributed by atoms with Crippen molar-refractivity contribution >= 4 is 17.2 Å². The van der Waals surface area contributed by atoms with Gasteiger partial charge in [-0.1, -0.05) is 29.9 Å². The van der Waals surface area contributed by atoms with Crippen LogP contribution in [0.5, 0.6) is 5.75 Å². The van der Waals surface area contributed by atoms with Gasteiger partial charge in [-0.2, -0.15) is 0 Å². The summed E-state index contributed by atoms with van der Waals surface area (Å²) in [6.07, 6.45) is 1.59. The molecule has 15 heavy (non-hydrogen) atoms. The Kier molecular flexibility index (Phi) is 4.56. The number of hydrogen-bond donors (Lipinski definition) is 1. The van der Waals surface area contributed by atoms with E-state index in [1.807, 2.05) is 13.0 Å². The fraction of sp³-hybridized carbons (Fsp3) is 0.417. The van der Waals surface area contributed by atoms with Gasteiger partial charge in [0.1, 0.15) is 5.75 Å². The predicted octanol–water partition coefficient (Wildman–Crippen LogP) is 2.61. The number of thiocarbonyl (C=S) groups is 1. The van der Waals surface area contributed by atoms with E-state index in [1.165, 1.54) is 11.1 Å². The monoisotopic (exact) mass is 223 g/mol. The minimum Gasteiger partial charge on any atom is -0.494 e. The van der Waals surface area contributed by atoms with Crippen LogP contribution in [-0.4, -0.2) is 11.6 Å². The van der Waals surface area contributed by atoms with Crippen LogP contribution < -0.4 is 10.5 Å². The minimum absolute atomic E-state index is 0.555. The van der Waals surface area contributed by atoms with Gasteiger partial charge in [-0.05, 0) is 31.9 Å². The number of rotatable bonds is 5. The molecule has 82 valence electrons. The molecule has 0 aliphatic carbocycles. The molecule has 2 nitrogen and oxygen atoms in total. The molecule has 1 aromatic carbocycles. The highest BCUT2D eigenvalue weighted by Gasteiger charge is 2.04. The lowest BCUT2D eigenvalue weighted by Crippen LogP contribution is -2.09. The van der Waals surface area contributed by atoms with Gasteiger partial charge in [-0.15, -0.1) is 0 Å². The first-order chi connectivity index (χ1) is 7.13. The Hall–Kier alpha value is -1.09. The van der Waals surface area contributed by atoms with Crippen molar-refractivity contribution in [1.29, 1.82) is 0 Å². The second-order valence-electron chi connectivity index (χ2n) is 3.51. The lowest BCUT2D eigenvalue weighted by atomic mass is 10.1. The smallest absolute Gasteiger partial charge is 0.122 e. The Balaban J connectivity index is 2.81. The summed E-state index contributed by atoms with van der Waals surface area (Å²) in [7, 11) is 0. The Morgan fingerprint density at radius 1 is 1.47 bits per heavy atom. The summed E-state index contributed by atoms with van der Waals surface area (Å²) in [5.74, 6) is 0.944. The first kappa shape index (κ1) is 12.0. The van der Waals surface area contributed by atoms with Crippen LogP contribution in [0.15, 0.2) is 18.2 Å². The topological polar surface area (TPSA) is 35.2 Å². The zero-order chi connectivity index (χ0) is 11.3. The zero-order valence-electron chi connectivity index (χ0n) is 9.25. The number of aryl methyl sites for hydroxylation is 2. The zero-order valence-corrected chi connectivity index (χ0v) is 10.1. The Morgan fingerprint density at radius 3 is 2.80 bits per heavy atom. The van der Waals surface area contributed by atoms with E-state index >= 15 is 0 Å². The summed E-state index contributed by atoms with van der Waals surface area (Å²) in [4.78, 5) is 0.555. The molecule has 0 bridgehead atoms. The third-order valence-electron chi connectivity index (χ3n) is 2.16. The number of ether oxygens (including phenoxy) is 1. The quantitative estimate of drug-likeness (QED) is 0.779. The van der Waals surface area contributed by atoms with E-state index in [9.17, 15) is 0 Å². The fourth-order valence-electron chi connectivity index (χ4n) is 1.46. The van der Waals surface area contributed by atoms with Crippen molar-refractivity contribution < 1.29 is 4.74 Å². The molecule has 0 unspecified atom stereocenters. The molecule has 0 amide bonds. The molecular weight excluding hydrogens is 206 g/mol. The Labute approximate surface area is 96.4 Å². The van der Waals surface area contributed by atoms with E-state index < -0.39 is 0 Å². The largest absolute Gasteiger partial charge is 0.494 e. The van der Waals surface area contributed by atoms with Crippen molar-refractivity contribution in [3.05, 3.63) is 29.3 Å². The predicted molar refractivity (Wildman–Crippen MR) is 67.5 cm³/mol. The molecular formula is C12H17NOS. The van der Waals surface area contributed by atoms with Gasteiger partial charge < -0.3 is 10.5 Å². The molecule has 0 aromatic heterocycles. The lowest BCUT2D eigenvalue weighted by molar-refractivity contribution is 0.336. The van der Waals surface area contributed by atoms with Crippen molar-refractivity contribution in [2.75, 3.05) is 6.61 Å². The van der Waals surface area contributed by atoms with Crippen LogP contribution in [0.25, 0.3) is 0 Å². The summed E-state index contributed by atoms with van der Waals surface area (Å²) in [5.41, 5.74) is 7.91. The van der Waals surface area contributed by atoms with E-state index in [-0.39, 0.29) is 0 Å². The summed E-state index contributed by atoms with van der Waals surface area (Å²) in [6, 6.07) is 6.19. The van der Waals surface area contributed by atoms with E-state index in [0.29, 0.717) is 11.6 Å². The van der Waals surface area contributed by atoms with E-state index in [4.69, 9.17) is 22.7 Å². The summed E-state index contributed by atoms with van der Waals surface area (Å²) >= 11 is 4.87. The summed E-state index contributed by atoms with van der Waals surface area (Å²) in [6.45, 7) is 4.74. The van der Waals surface area contributed by atoms with Gasteiger partial charge in [-0.3, -0.25) is 0 Å². The first-order valence-corrected chi connectivity index (χ1v) is 5.55. The highest BCUT2D eigenvalue weighted by atomic mass is 32.1. The minimum atomic E-state index is 0.555. The number of nitrogens with two attached hydrogens (primary N) is 1. The van der Waals surface area contributed by atoms with Gasteiger partial charge in [0.05, 0.1) is 11.6 Å². The summed E-state index contributed by atoms with van der Waals surface area (Å²) < 4.78 is 5.54. The van der Waals surface area contributed by atoms with Crippen LogP contribution in [0.3, 0.4) is 0 Å². The normalized spacial score (nSPS) is 10.0. The first-order valence-electron chi connectivity index (χ1n) is 5.14. The van der Waals surface area contributed by atoms with Crippen LogP contribution in [0, 0.1) is 6.92 Å². The number of hydrogen-bond acceptors (Lipinski definition) is 2. The Bertz CT molecular complexity index is 349. The van der Waals surface area contributed by atoms with Crippen LogP contribution in [-0.2, 0) is 6.42 Å². The van der Waals surface area contributed by atoms with E-state index in [2.05, 4.69) is 19.1 Å². The van der Waals surface area contributed by atoms with E-state index in [1.54, 1.807) is 0 Å². The molecule has 3 heteroatoms. The maximum atomic E-state index is 5.54. The maximum absolute atomic E-state index is 5.54. The molecule has 1 aromatic rings. The molecule has 0 spiro atoms. The van der Waals surface area contributed by atoms with Gasteiger partial charge >= 0.3 is 0 Å². The molecule has 0 heterocycles. The molecule has 0 aliphatic rings. The molecule has 0 saturated carbocycles. The Morgan fingerprint density at radius 2 is 2.20 bits per heavy atom. The van der Waals surface area contributed by atoms with Crippen molar-refractivity contribution in [2.24, 2.45) is 5.73 Å². The SMILES string of the molecule is CCOc1ccc(C)cc1CCC(N)=S. The number of benzene rings is 1. The highest BCUT2D eigenvalue weighted by molar-refractivity contribution is 7.80. The van der Waals surface area contributed by atoms with Crippen LogP contribution in [0.4, 0.5) is 0 Å². The van der Waals surface area contributed by atoms with Crippen LogP contribution in [0.1, 0.15) is 24.5 Å². The van der Waals surface area contributed by atoms with Crippen molar-refractivity contribution in [2.45, 2.75) is 26.7 Å². The second-order valence-corrected chi connectivity index (χ2v) is 4.03. The third-order valence-corrected chi connectivity index (χ3v) is 2.36. The summed E-state index contributed by atoms with van der Waals surface area (Å²) in [5, 5.41) is 0. The highest BCUT2D eigenvalue weighted by Crippen LogP contribution is 2.21. The van der Waals surface area contributed by atoms with Gasteiger partial charge in [0, 0.05) is 6.42 Å². The standard InChI is InChI=1S/C12H17NOS/c1-3-14-11-6-4-9(2)8-10(11)5-7-12(13)15/h4,6,8H,3,5,7H2,1-2H3,(H2,13,15). The van der Waals surface area contributed by atoms with Gasteiger partial charge in [-0.25, -0.2) is 0 Å². The van der Waals surface area contributed by atoms with Gasteiger partial charge in [0.25, 0.3) is 0 Å². The van der Waals surface area contributed by atoms with E-state index in [0.717, 1.165) is 18.6 Å². The van der Waals surface area contributed by atoms with Crippen molar-refractivity contribution in [3.63, 3.8) is 0 Å². The lowest BCUT2D eigenvalue weighted by Gasteiger charge is -2.10. The van der Waals surface area contributed by atoms with Crippen LogP contribution >= 0.6 is 12.2 Å². The molecule has 0 fully saturated rings. The average Bonchev–Trinajstić information content (AvgIpc) is 2.18. The van der Waals surface area contributed by atoms with Gasteiger partial charge in [0.15, 0.2) is 0 Å². The fourth-order valence-corrected chi connectivity index (χ4v) is 1.56. The second kappa shape index (κ2) is 5.71. The average molecular weight is 223 g/mol. The van der Waals surface area contributed by atoms with Crippen LogP contribution in [0.2, 0.25) is 0 Å². The molecule has 1 rings (SSSR count). The molecule has 0 radical (unpaired) electrons. The molecule has 2 N–H and O–H groups in total. The van der Waals surface area contributed by atoms with Crippen molar-refractivity contribution in [1.82, 2.24) is 0 Å². The van der Waals surface area contributed by atoms with Gasteiger partial charge in [0.2, 0.25) is 0 Å².